The van der Waals surface area contributed by atoms with E-state index < -0.39 is 36.2 Å². The highest BCUT2D eigenvalue weighted by Crippen LogP contribution is 2.39. The summed E-state index contributed by atoms with van der Waals surface area (Å²) in [4.78, 5) is 32.6. The van der Waals surface area contributed by atoms with E-state index in [1.165, 1.54) is 36.9 Å². The number of hydrogen-bond donors (Lipinski definition) is 3. The maximum Gasteiger partial charge on any atom is 0.418 e. The first-order valence-corrected chi connectivity index (χ1v) is 11.4. The fraction of sp³-hybridized carbons (Fsp3) is 0.280. The minimum atomic E-state index is -4.75. The molecule has 3 aromatic rings. The van der Waals surface area contributed by atoms with Gasteiger partial charge in [0.15, 0.2) is 0 Å². The number of rotatable bonds is 10. The number of aromatic nitrogens is 2. The summed E-state index contributed by atoms with van der Waals surface area (Å²) >= 11 is 0. The molecule has 200 valence electrons. The van der Waals surface area contributed by atoms with Crippen LogP contribution in [0.3, 0.4) is 0 Å². The molecule has 0 saturated heterocycles. The zero-order chi connectivity index (χ0) is 27.3. The molecule has 2 aromatic carbocycles. The van der Waals surface area contributed by atoms with Gasteiger partial charge in [-0.05, 0) is 48.7 Å². The van der Waals surface area contributed by atoms with E-state index in [0.29, 0.717) is 30.2 Å². The van der Waals surface area contributed by atoms with Crippen LogP contribution in [0.2, 0.25) is 0 Å². The molecular weight excluding hydrogens is 513 g/mol. The third kappa shape index (κ3) is 6.72. The Labute approximate surface area is 213 Å². The quantitative estimate of drug-likeness (QED) is 0.331. The van der Waals surface area contributed by atoms with Crippen molar-refractivity contribution in [2.75, 3.05) is 11.9 Å². The van der Waals surface area contributed by atoms with Crippen LogP contribution >= 0.6 is 0 Å². The highest BCUT2D eigenvalue weighted by Gasteiger charge is 2.51. The zero-order valence-electron chi connectivity index (χ0n) is 19.7. The van der Waals surface area contributed by atoms with E-state index in [-0.39, 0.29) is 29.5 Å². The predicted octanol–water partition coefficient (Wildman–Crippen LogP) is 4.46. The second-order valence-corrected chi connectivity index (χ2v) is 8.58. The van der Waals surface area contributed by atoms with Crippen LogP contribution in [0.15, 0.2) is 61.2 Å². The van der Waals surface area contributed by atoms with Crippen LogP contribution < -0.4 is 20.7 Å². The smallest absolute Gasteiger partial charge is 0.418 e. The molecule has 2 amide bonds. The van der Waals surface area contributed by atoms with Crippen molar-refractivity contribution in [1.29, 1.82) is 0 Å². The number of ether oxygens (including phenoxy) is 1. The number of carbonyl (C=O) groups excluding carboxylic acids is 2. The van der Waals surface area contributed by atoms with Gasteiger partial charge in [0, 0.05) is 24.6 Å². The van der Waals surface area contributed by atoms with Gasteiger partial charge in [0.25, 0.3) is 12.3 Å². The van der Waals surface area contributed by atoms with E-state index in [2.05, 4.69) is 25.9 Å². The molecule has 1 heterocycles. The van der Waals surface area contributed by atoms with Gasteiger partial charge >= 0.3 is 6.18 Å². The number of alkyl halides is 5. The van der Waals surface area contributed by atoms with Crippen LogP contribution in [0.25, 0.3) is 0 Å². The number of carbonyl (C=O) groups is 2. The third-order valence-electron chi connectivity index (χ3n) is 5.72. The lowest BCUT2D eigenvalue weighted by molar-refractivity contribution is -0.137. The Kier molecular flexibility index (Phi) is 7.74. The minimum Gasteiger partial charge on any atom is -0.488 e. The Morgan fingerprint density at radius 3 is 2.32 bits per heavy atom. The van der Waals surface area contributed by atoms with Crippen molar-refractivity contribution < 1.29 is 36.3 Å². The third-order valence-corrected chi connectivity index (χ3v) is 5.72. The van der Waals surface area contributed by atoms with Crippen molar-refractivity contribution in [1.82, 2.24) is 20.6 Å². The summed E-state index contributed by atoms with van der Waals surface area (Å²) in [7, 11) is 0. The van der Waals surface area contributed by atoms with E-state index in [4.69, 9.17) is 4.74 Å². The van der Waals surface area contributed by atoms with Crippen LogP contribution in [0.4, 0.5) is 33.3 Å². The molecule has 8 nitrogen and oxygen atoms in total. The standard InChI is InChI=1S/C25H22F5N5O3/c26-21(27)13-38-18-5-6-20(19(9-18)25(28,29)30)34-17-3-1-15(2-4-17)10-33-23(37)24(7-8-24)35-22(36)16-11-31-14-32-12-16/h1-6,9,11-12,14,21,34H,7-8,10,13H2,(H,33,37)(H,35,36). The average Bonchev–Trinajstić information content (AvgIpc) is 3.68. The second kappa shape index (κ2) is 11.0. The number of amides is 2. The van der Waals surface area contributed by atoms with Crippen molar-refractivity contribution in [2.24, 2.45) is 0 Å². The Balaban J connectivity index is 1.35. The lowest BCUT2D eigenvalue weighted by atomic mass is 10.1. The summed E-state index contributed by atoms with van der Waals surface area (Å²) in [6, 6.07) is 9.24. The summed E-state index contributed by atoms with van der Waals surface area (Å²) in [5.41, 5.74) is -1.11. The maximum atomic E-state index is 13.5. The molecule has 0 radical (unpaired) electrons. The van der Waals surface area contributed by atoms with Crippen molar-refractivity contribution >= 4 is 23.2 Å². The molecule has 0 unspecified atom stereocenters. The summed E-state index contributed by atoms with van der Waals surface area (Å²) in [6.45, 7) is -0.882. The van der Waals surface area contributed by atoms with Crippen molar-refractivity contribution in [3.63, 3.8) is 0 Å². The van der Waals surface area contributed by atoms with Gasteiger partial charge in [0.05, 0.1) is 16.8 Å². The molecule has 38 heavy (non-hydrogen) atoms. The summed E-state index contributed by atoms with van der Waals surface area (Å²) in [6.07, 6.45) is -2.62. The average molecular weight is 535 g/mol. The molecule has 1 saturated carbocycles. The molecule has 1 aromatic heterocycles. The Morgan fingerprint density at radius 2 is 1.71 bits per heavy atom. The Morgan fingerprint density at radius 1 is 1.03 bits per heavy atom. The molecule has 1 aliphatic carbocycles. The maximum absolute atomic E-state index is 13.5. The van der Waals surface area contributed by atoms with Crippen LogP contribution in [0.5, 0.6) is 5.75 Å². The van der Waals surface area contributed by atoms with Crippen LogP contribution in [0, 0.1) is 0 Å². The lowest BCUT2D eigenvalue weighted by Gasteiger charge is -2.18. The van der Waals surface area contributed by atoms with Gasteiger partial charge in [-0.2, -0.15) is 13.2 Å². The van der Waals surface area contributed by atoms with Gasteiger partial charge in [-0.1, -0.05) is 12.1 Å². The van der Waals surface area contributed by atoms with Gasteiger partial charge in [-0.25, -0.2) is 18.7 Å². The molecule has 0 spiro atoms. The van der Waals surface area contributed by atoms with E-state index in [1.807, 2.05) is 0 Å². The van der Waals surface area contributed by atoms with Crippen LogP contribution in [0.1, 0.15) is 34.3 Å². The highest BCUT2D eigenvalue weighted by molar-refractivity contribution is 6.00. The fourth-order valence-electron chi connectivity index (χ4n) is 3.57. The SMILES string of the molecule is O=C(NC1(C(=O)NCc2ccc(Nc3ccc(OCC(F)F)cc3C(F)(F)F)cc2)CC1)c1cncnc1. The number of nitrogens with zero attached hydrogens (tertiary/aromatic N) is 2. The Bertz CT molecular complexity index is 1280. The zero-order valence-corrected chi connectivity index (χ0v) is 19.7. The summed E-state index contributed by atoms with van der Waals surface area (Å²) in [5, 5.41) is 8.14. The molecule has 4 rings (SSSR count). The van der Waals surface area contributed by atoms with Gasteiger partial charge in [-0.15, -0.1) is 0 Å². The van der Waals surface area contributed by atoms with Gasteiger partial charge in [0.2, 0.25) is 5.91 Å². The molecular formula is C25H22F5N5O3. The predicted molar refractivity (Wildman–Crippen MR) is 126 cm³/mol. The van der Waals surface area contributed by atoms with E-state index >= 15 is 0 Å². The lowest BCUT2D eigenvalue weighted by Crippen LogP contribution is -2.48. The molecule has 13 heteroatoms. The van der Waals surface area contributed by atoms with Crippen molar-refractivity contribution in [3.05, 3.63) is 77.9 Å². The van der Waals surface area contributed by atoms with Crippen molar-refractivity contribution in [3.8, 4) is 5.75 Å². The number of anilines is 2. The molecule has 1 aliphatic rings. The largest absolute Gasteiger partial charge is 0.488 e. The monoisotopic (exact) mass is 535 g/mol. The minimum absolute atomic E-state index is 0.134. The van der Waals surface area contributed by atoms with E-state index in [9.17, 15) is 31.5 Å². The molecule has 0 aliphatic heterocycles. The highest BCUT2D eigenvalue weighted by atomic mass is 19.4. The Hall–Kier alpha value is -4.29. The van der Waals surface area contributed by atoms with E-state index in [0.717, 1.165) is 6.07 Å². The van der Waals surface area contributed by atoms with Crippen LogP contribution in [-0.4, -0.2) is 40.4 Å². The normalized spacial score (nSPS) is 14.1. The number of halogens is 5. The summed E-state index contributed by atoms with van der Waals surface area (Å²) in [5.74, 6) is -1.13. The topological polar surface area (TPSA) is 105 Å². The molecule has 0 atom stereocenters. The first kappa shape index (κ1) is 26.8. The van der Waals surface area contributed by atoms with Gasteiger partial charge < -0.3 is 20.7 Å². The number of benzene rings is 2. The molecule has 1 fully saturated rings. The van der Waals surface area contributed by atoms with E-state index in [1.54, 1.807) is 12.1 Å². The first-order valence-electron chi connectivity index (χ1n) is 11.4. The van der Waals surface area contributed by atoms with Crippen molar-refractivity contribution in [2.45, 2.75) is 37.5 Å². The van der Waals surface area contributed by atoms with Crippen LogP contribution in [-0.2, 0) is 17.5 Å². The number of nitrogens with one attached hydrogen (secondary N) is 3. The number of hydrogen-bond acceptors (Lipinski definition) is 6. The first-order chi connectivity index (χ1) is 18.1. The second-order valence-electron chi connectivity index (χ2n) is 8.58. The van der Waals surface area contributed by atoms with Gasteiger partial charge in [-0.3, -0.25) is 9.59 Å². The van der Waals surface area contributed by atoms with Gasteiger partial charge in [0.1, 0.15) is 24.2 Å². The molecule has 3 N–H and O–H groups in total. The molecule has 0 bridgehead atoms. The summed E-state index contributed by atoms with van der Waals surface area (Å²) < 4.78 is 69.9. The fourth-order valence-corrected chi connectivity index (χ4v) is 3.57.